The minimum Gasteiger partial charge on any atom is -0.461 e. The molecule has 0 radical (unpaired) electrons. The maximum atomic E-state index is 13.2. The highest BCUT2D eigenvalue weighted by Crippen LogP contribution is 2.24. The molecule has 4 rings (SSSR count). The van der Waals surface area contributed by atoms with Crippen molar-refractivity contribution < 1.29 is 14.3 Å². The van der Waals surface area contributed by atoms with Crippen molar-refractivity contribution in [1.29, 1.82) is 0 Å². The topological polar surface area (TPSA) is 73.6 Å². The van der Waals surface area contributed by atoms with E-state index in [1.165, 1.54) is 4.52 Å². The highest BCUT2D eigenvalue weighted by molar-refractivity contribution is 9.10. The number of ketones is 1. The molecule has 0 unspecified atom stereocenters. The molecule has 7 heteroatoms. The predicted octanol–water partition coefficient (Wildman–Crippen LogP) is 4.05. The van der Waals surface area contributed by atoms with Crippen LogP contribution in [0, 0.1) is 0 Å². The summed E-state index contributed by atoms with van der Waals surface area (Å²) < 4.78 is 7.38. The van der Waals surface area contributed by atoms with E-state index >= 15 is 0 Å². The Labute approximate surface area is 162 Å². The molecule has 134 valence electrons. The van der Waals surface area contributed by atoms with E-state index in [9.17, 15) is 9.59 Å². The summed E-state index contributed by atoms with van der Waals surface area (Å²) in [4.78, 5) is 30.1. The summed E-state index contributed by atoms with van der Waals surface area (Å²) >= 11 is 3.35. The molecule has 2 heterocycles. The number of rotatable bonds is 4. The monoisotopic (exact) mass is 423 g/mol. The van der Waals surface area contributed by atoms with Gasteiger partial charge in [0.1, 0.15) is 5.69 Å². The second-order valence-electron chi connectivity index (χ2n) is 5.83. The first-order valence-electron chi connectivity index (χ1n) is 8.34. The maximum Gasteiger partial charge on any atom is 0.359 e. The molecule has 0 N–H and O–H groups in total. The van der Waals surface area contributed by atoms with Crippen LogP contribution in [0.5, 0.6) is 0 Å². The number of benzene rings is 2. The fourth-order valence-corrected chi connectivity index (χ4v) is 3.18. The van der Waals surface area contributed by atoms with Crippen molar-refractivity contribution in [2.75, 3.05) is 6.61 Å². The third-order valence-corrected chi connectivity index (χ3v) is 4.69. The van der Waals surface area contributed by atoms with Crippen LogP contribution in [-0.4, -0.2) is 33.0 Å². The van der Waals surface area contributed by atoms with Crippen LogP contribution < -0.4 is 0 Å². The quantitative estimate of drug-likeness (QED) is 0.365. The lowest BCUT2D eigenvalue weighted by Gasteiger charge is -2.05. The van der Waals surface area contributed by atoms with Crippen LogP contribution in [-0.2, 0) is 4.74 Å². The van der Waals surface area contributed by atoms with Gasteiger partial charge in [-0.15, -0.1) is 0 Å². The Morgan fingerprint density at radius 1 is 1.11 bits per heavy atom. The average Bonchev–Trinajstić information content (AvgIpc) is 3.08. The molecular formula is C20H14BrN3O3. The van der Waals surface area contributed by atoms with Gasteiger partial charge in [0.15, 0.2) is 11.3 Å². The van der Waals surface area contributed by atoms with Crippen molar-refractivity contribution in [1.82, 2.24) is 14.6 Å². The first-order valence-corrected chi connectivity index (χ1v) is 9.13. The van der Waals surface area contributed by atoms with Crippen molar-refractivity contribution in [3.05, 3.63) is 76.2 Å². The lowest BCUT2D eigenvalue weighted by atomic mass is 10.1. The normalized spacial score (nSPS) is 11.0. The molecule has 0 aliphatic rings. The van der Waals surface area contributed by atoms with Crippen LogP contribution in [0.1, 0.15) is 33.5 Å². The number of carbonyl (C=O) groups excluding carboxylic acids is 2. The van der Waals surface area contributed by atoms with Crippen molar-refractivity contribution in [3.8, 4) is 0 Å². The number of imidazole rings is 1. The van der Waals surface area contributed by atoms with E-state index in [4.69, 9.17) is 4.74 Å². The van der Waals surface area contributed by atoms with Crippen LogP contribution >= 0.6 is 15.9 Å². The molecule has 6 nitrogen and oxygen atoms in total. The standard InChI is InChI=1S/C20H14BrN3O3/c1-2-27-20(26)16-17(18(25)12-7-9-14(21)10-8-12)24-19(23-16)15-6-4-3-5-13(15)11-22-24/h3-11H,2H2,1H3. The number of hydrogen-bond donors (Lipinski definition) is 0. The summed E-state index contributed by atoms with van der Waals surface area (Å²) in [7, 11) is 0. The highest BCUT2D eigenvalue weighted by atomic mass is 79.9. The third kappa shape index (κ3) is 3.00. The highest BCUT2D eigenvalue weighted by Gasteiger charge is 2.27. The number of carbonyl (C=O) groups is 2. The number of halogens is 1. The predicted molar refractivity (Wildman–Crippen MR) is 104 cm³/mol. The number of fused-ring (bicyclic) bond motifs is 3. The summed E-state index contributed by atoms with van der Waals surface area (Å²) in [6.45, 7) is 1.89. The zero-order valence-electron chi connectivity index (χ0n) is 14.3. The smallest absolute Gasteiger partial charge is 0.359 e. The van der Waals surface area contributed by atoms with E-state index in [1.807, 2.05) is 24.3 Å². The molecule has 0 fully saturated rings. The molecule has 0 atom stereocenters. The summed E-state index contributed by atoms with van der Waals surface area (Å²) in [5.74, 6) is -0.992. The molecule has 0 saturated heterocycles. The first-order chi connectivity index (χ1) is 13.1. The van der Waals surface area contributed by atoms with E-state index in [-0.39, 0.29) is 23.8 Å². The largest absolute Gasteiger partial charge is 0.461 e. The van der Waals surface area contributed by atoms with Gasteiger partial charge in [-0.2, -0.15) is 5.10 Å². The number of hydrogen-bond acceptors (Lipinski definition) is 5. The van der Waals surface area contributed by atoms with Crippen LogP contribution in [0.15, 0.2) is 59.2 Å². The first kappa shape index (κ1) is 17.4. The van der Waals surface area contributed by atoms with E-state index in [2.05, 4.69) is 26.0 Å². The molecule has 0 aliphatic heterocycles. The second-order valence-corrected chi connectivity index (χ2v) is 6.75. The number of aromatic nitrogens is 3. The molecule has 0 spiro atoms. The molecule has 27 heavy (non-hydrogen) atoms. The van der Waals surface area contributed by atoms with Crippen LogP contribution in [0.4, 0.5) is 0 Å². The van der Waals surface area contributed by atoms with Crippen LogP contribution in [0.25, 0.3) is 16.4 Å². The Morgan fingerprint density at radius 3 is 2.59 bits per heavy atom. The van der Waals surface area contributed by atoms with Gasteiger partial charge in [0.05, 0.1) is 12.8 Å². The van der Waals surface area contributed by atoms with E-state index in [1.54, 1.807) is 37.4 Å². The zero-order chi connectivity index (χ0) is 19.0. The maximum absolute atomic E-state index is 13.2. The number of nitrogens with zero attached hydrogens (tertiary/aromatic N) is 3. The minimum atomic E-state index is -0.646. The Morgan fingerprint density at radius 2 is 1.85 bits per heavy atom. The molecule has 4 aromatic rings. The Hall–Kier alpha value is -3.06. The van der Waals surface area contributed by atoms with Crippen LogP contribution in [0.2, 0.25) is 0 Å². The Kier molecular flexibility index (Phi) is 4.45. The van der Waals surface area contributed by atoms with Gasteiger partial charge in [-0.25, -0.2) is 14.3 Å². The minimum absolute atomic E-state index is 0.0337. The Bertz CT molecular complexity index is 1180. The van der Waals surface area contributed by atoms with Gasteiger partial charge in [-0.05, 0) is 31.2 Å². The molecule has 0 aliphatic carbocycles. The van der Waals surface area contributed by atoms with Gasteiger partial charge >= 0.3 is 5.97 Å². The zero-order valence-corrected chi connectivity index (χ0v) is 15.9. The van der Waals surface area contributed by atoms with Gasteiger partial charge in [-0.1, -0.05) is 40.2 Å². The molecule has 0 saturated carbocycles. The fourth-order valence-electron chi connectivity index (χ4n) is 2.92. The van der Waals surface area contributed by atoms with Crippen molar-refractivity contribution >= 4 is 44.1 Å². The van der Waals surface area contributed by atoms with E-state index in [0.717, 1.165) is 15.2 Å². The summed E-state index contributed by atoms with van der Waals surface area (Å²) in [6, 6.07) is 14.4. The fraction of sp³-hybridized carbons (Fsp3) is 0.100. The van der Waals surface area contributed by atoms with E-state index in [0.29, 0.717) is 11.2 Å². The lowest BCUT2D eigenvalue weighted by molar-refractivity contribution is 0.0517. The van der Waals surface area contributed by atoms with Gasteiger partial charge in [-0.3, -0.25) is 4.79 Å². The molecule has 0 bridgehead atoms. The summed E-state index contributed by atoms with van der Waals surface area (Å²) in [5.41, 5.74) is 0.933. The Balaban J connectivity index is 2.00. The van der Waals surface area contributed by atoms with Crippen molar-refractivity contribution in [2.24, 2.45) is 0 Å². The lowest BCUT2D eigenvalue weighted by Crippen LogP contribution is -2.14. The van der Waals surface area contributed by atoms with E-state index < -0.39 is 5.97 Å². The molecular weight excluding hydrogens is 410 g/mol. The summed E-state index contributed by atoms with van der Waals surface area (Å²) in [5, 5.41) is 6.02. The number of ether oxygens (including phenoxy) is 1. The molecule has 0 amide bonds. The van der Waals surface area contributed by atoms with Gasteiger partial charge in [0, 0.05) is 20.8 Å². The SMILES string of the molecule is CCOC(=O)c1nc2c3ccccc3cnn2c1C(=O)c1ccc(Br)cc1. The average molecular weight is 424 g/mol. The van der Waals surface area contributed by atoms with Crippen molar-refractivity contribution in [3.63, 3.8) is 0 Å². The third-order valence-electron chi connectivity index (χ3n) is 4.16. The van der Waals surface area contributed by atoms with Crippen molar-refractivity contribution in [2.45, 2.75) is 6.92 Å². The second kappa shape index (κ2) is 6.92. The molecule has 2 aromatic heterocycles. The number of esters is 1. The van der Waals surface area contributed by atoms with Crippen LogP contribution in [0.3, 0.4) is 0 Å². The van der Waals surface area contributed by atoms with Gasteiger partial charge in [0.2, 0.25) is 5.78 Å². The van der Waals surface area contributed by atoms with Gasteiger partial charge in [0.25, 0.3) is 0 Å². The van der Waals surface area contributed by atoms with Gasteiger partial charge < -0.3 is 4.74 Å². The molecule has 2 aromatic carbocycles. The summed E-state index contributed by atoms with van der Waals surface area (Å²) in [6.07, 6.45) is 1.65.